The number of carbonyl (C=O) groups is 2. The number of carbonyl (C=O) groups excluding carboxylic acids is 2. The third-order valence-corrected chi connectivity index (χ3v) is 9.59. The molecule has 1 saturated carbocycles. The van der Waals surface area contributed by atoms with Crippen LogP contribution in [-0.4, -0.2) is 87.3 Å². The van der Waals surface area contributed by atoms with Gasteiger partial charge in [-0.15, -0.1) is 0 Å². The van der Waals surface area contributed by atoms with Crippen molar-refractivity contribution >= 4 is 27.7 Å². The summed E-state index contributed by atoms with van der Waals surface area (Å²) < 4.78 is 44.8. The van der Waals surface area contributed by atoms with Gasteiger partial charge in [0.05, 0.1) is 6.26 Å². The first-order chi connectivity index (χ1) is 18.3. The Morgan fingerprint density at radius 2 is 1.79 bits per heavy atom. The number of nitrogens with one attached hydrogen (secondary N) is 1. The molecule has 1 aromatic carbocycles. The highest BCUT2D eigenvalue weighted by molar-refractivity contribution is 7.88. The van der Waals surface area contributed by atoms with E-state index in [2.05, 4.69) is 24.1 Å². The number of ether oxygens (including phenoxy) is 1. The Morgan fingerprint density at radius 3 is 2.44 bits per heavy atom. The summed E-state index contributed by atoms with van der Waals surface area (Å²) in [5.41, 5.74) is 1.70. The van der Waals surface area contributed by atoms with Crippen molar-refractivity contribution < 1.29 is 27.1 Å². The summed E-state index contributed by atoms with van der Waals surface area (Å²) in [7, 11) is -3.31. The van der Waals surface area contributed by atoms with E-state index in [0.29, 0.717) is 25.4 Å². The van der Waals surface area contributed by atoms with Gasteiger partial charge in [-0.2, -0.15) is 4.31 Å². The van der Waals surface area contributed by atoms with Crippen LogP contribution in [0.3, 0.4) is 0 Å². The van der Waals surface area contributed by atoms with E-state index in [1.54, 1.807) is 17.0 Å². The molecule has 1 aromatic rings. The summed E-state index contributed by atoms with van der Waals surface area (Å²) in [6.07, 6.45) is 5.54. The fraction of sp³-hybridized carbons (Fsp3) is 0.714. The van der Waals surface area contributed by atoms with Crippen molar-refractivity contribution in [3.8, 4) is 0 Å². The second-order valence-electron chi connectivity index (χ2n) is 12.1. The van der Waals surface area contributed by atoms with E-state index in [4.69, 9.17) is 4.74 Å². The number of nitrogens with zero attached hydrogens (tertiary/aromatic N) is 3. The molecule has 0 radical (unpaired) electrons. The number of halogens is 1. The van der Waals surface area contributed by atoms with Crippen LogP contribution in [-0.2, 0) is 25.0 Å². The molecular formula is C28H43FN4O5S. The molecule has 0 aromatic heterocycles. The smallest absolute Gasteiger partial charge is 0.408 e. The molecule has 2 atom stereocenters. The molecule has 0 unspecified atom stereocenters. The fourth-order valence-corrected chi connectivity index (χ4v) is 7.07. The highest BCUT2D eigenvalue weighted by atomic mass is 32.2. The lowest BCUT2D eigenvalue weighted by atomic mass is 9.85. The first-order valence-electron chi connectivity index (χ1n) is 14.1. The third kappa shape index (κ3) is 7.42. The fourth-order valence-electron chi connectivity index (χ4n) is 6.25. The van der Waals surface area contributed by atoms with E-state index in [-0.39, 0.29) is 49.4 Å². The summed E-state index contributed by atoms with van der Waals surface area (Å²) in [6, 6.07) is 4.55. The van der Waals surface area contributed by atoms with Crippen molar-refractivity contribution in [2.45, 2.75) is 76.9 Å². The number of alkyl carbamates (subject to hydrolysis) is 1. The molecule has 1 saturated heterocycles. The molecule has 2 heterocycles. The maximum absolute atomic E-state index is 13.9. The number of anilines is 1. The summed E-state index contributed by atoms with van der Waals surface area (Å²) in [5.74, 6) is -0.197. The number of sulfonamides is 1. The van der Waals surface area contributed by atoms with E-state index < -0.39 is 22.2 Å². The average Bonchev–Trinajstić information content (AvgIpc) is 3.11. The molecule has 1 aliphatic carbocycles. The molecule has 2 fully saturated rings. The highest BCUT2D eigenvalue weighted by Gasteiger charge is 2.37. The van der Waals surface area contributed by atoms with Crippen LogP contribution in [0.2, 0.25) is 0 Å². The Kier molecular flexibility index (Phi) is 9.10. The highest BCUT2D eigenvalue weighted by Crippen LogP contribution is 2.40. The standard InChI is InChI=1S/C28H43FN4O5S/c1-20(18-32-19-28(2,3)23-17-22(29)10-11-24(23)32)30-27(35)38-25(16-21-8-6-5-7-9-21)26(34)31-12-14-33(15-13-31)39(4,36)37/h10-11,17,20-21,25H,5-9,12-16,18-19H2,1-4H3,(H,30,35)/t20-,25-/m0/s1. The molecule has 0 bridgehead atoms. The van der Waals surface area contributed by atoms with Crippen LogP contribution in [0.5, 0.6) is 0 Å². The van der Waals surface area contributed by atoms with Gasteiger partial charge >= 0.3 is 6.09 Å². The van der Waals surface area contributed by atoms with Gasteiger partial charge in [0.25, 0.3) is 5.91 Å². The summed E-state index contributed by atoms with van der Waals surface area (Å²) in [5, 5.41) is 2.89. The monoisotopic (exact) mass is 566 g/mol. The summed E-state index contributed by atoms with van der Waals surface area (Å²) in [4.78, 5) is 30.3. The molecule has 11 heteroatoms. The van der Waals surface area contributed by atoms with Crippen LogP contribution in [0.25, 0.3) is 0 Å². The Labute approximate surface area is 232 Å². The lowest BCUT2D eigenvalue weighted by Gasteiger charge is -2.36. The summed E-state index contributed by atoms with van der Waals surface area (Å²) in [6.45, 7) is 8.30. The van der Waals surface area contributed by atoms with Crippen molar-refractivity contribution in [2.24, 2.45) is 5.92 Å². The molecule has 9 nitrogen and oxygen atoms in total. The minimum atomic E-state index is -3.31. The van der Waals surface area contributed by atoms with Gasteiger partial charge < -0.3 is 19.9 Å². The van der Waals surface area contributed by atoms with Gasteiger partial charge in [0.1, 0.15) is 5.82 Å². The van der Waals surface area contributed by atoms with Crippen LogP contribution in [0, 0.1) is 11.7 Å². The first-order valence-corrected chi connectivity index (χ1v) is 15.9. The Balaban J connectivity index is 1.37. The second kappa shape index (κ2) is 12.0. The number of hydrogen-bond donors (Lipinski definition) is 1. The van der Waals surface area contributed by atoms with Crippen LogP contribution in [0.1, 0.15) is 64.9 Å². The quantitative estimate of drug-likeness (QED) is 0.517. The third-order valence-electron chi connectivity index (χ3n) is 8.29. The molecule has 0 spiro atoms. The molecule has 4 rings (SSSR count). The lowest BCUT2D eigenvalue weighted by Crippen LogP contribution is -2.54. The van der Waals surface area contributed by atoms with Crippen molar-refractivity contribution in [2.75, 3.05) is 50.4 Å². The minimum Gasteiger partial charge on any atom is -0.436 e. The molecular weight excluding hydrogens is 523 g/mol. The molecule has 2 amide bonds. The Bertz CT molecular complexity index is 1150. The zero-order valence-electron chi connectivity index (χ0n) is 23.6. The van der Waals surface area contributed by atoms with Gasteiger partial charge in [0.2, 0.25) is 10.0 Å². The van der Waals surface area contributed by atoms with Gasteiger partial charge in [-0.05, 0) is 43.0 Å². The maximum Gasteiger partial charge on any atom is 0.408 e. The number of fused-ring (bicyclic) bond motifs is 1. The predicted octanol–water partition coefficient (Wildman–Crippen LogP) is 3.48. The SMILES string of the molecule is C[C@@H](CN1CC(C)(C)c2cc(F)ccc21)NC(=O)O[C@@H](CC1CCCCC1)C(=O)N1CCN(S(C)(=O)=O)CC1. The predicted molar refractivity (Wildman–Crippen MR) is 149 cm³/mol. The number of amides is 2. The van der Waals surface area contributed by atoms with Gasteiger partial charge in [0.15, 0.2) is 6.10 Å². The maximum atomic E-state index is 13.9. The molecule has 2 aliphatic heterocycles. The molecule has 39 heavy (non-hydrogen) atoms. The summed E-state index contributed by atoms with van der Waals surface area (Å²) >= 11 is 0. The van der Waals surface area contributed by atoms with Crippen LogP contribution in [0.15, 0.2) is 18.2 Å². The van der Waals surface area contributed by atoms with Crippen molar-refractivity contribution in [1.29, 1.82) is 0 Å². The molecule has 3 aliphatic rings. The van der Waals surface area contributed by atoms with E-state index in [0.717, 1.165) is 36.9 Å². The zero-order chi connectivity index (χ0) is 28.4. The molecule has 1 N–H and O–H groups in total. The zero-order valence-corrected chi connectivity index (χ0v) is 24.4. The van der Waals surface area contributed by atoms with E-state index in [1.807, 2.05) is 6.92 Å². The van der Waals surface area contributed by atoms with Crippen molar-refractivity contribution in [3.05, 3.63) is 29.6 Å². The largest absolute Gasteiger partial charge is 0.436 e. The Morgan fingerprint density at radius 1 is 1.13 bits per heavy atom. The average molecular weight is 567 g/mol. The van der Waals surface area contributed by atoms with Crippen LogP contribution >= 0.6 is 0 Å². The minimum absolute atomic E-state index is 0.212. The van der Waals surface area contributed by atoms with E-state index in [1.165, 1.54) is 23.0 Å². The van der Waals surface area contributed by atoms with E-state index in [9.17, 15) is 22.4 Å². The lowest BCUT2D eigenvalue weighted by molar-refractivity contribution is -0.142. The van der Waals surface area contributed by atoms with Gasteiger partial charge in [-0.3, -0.25) is 4.79 Å². The number of piperazine rings is 1. The van der Waals surface area contributed by atoms with Gasteiger partial charge in [0, 0.05) is 56.4 Å². The van der Waals surface area contributed by atoms with Crippen LogP contribution < -0.4 is 10.2 Å². The van der Waals surface area contributed by atoms with Gasteiger partial charge in [-0.1, -0.05) is 46.0 Å². The first kappa shape index (κ1) is 29.6. The topological polar surface area (TPSA) is 99.3 Å². The second-order valence-corrected chi connectivity index (χ2v) is 14.1. The van der Waals surface area contributed by atoms with Crippen LogP contribution in [0.4, 0.5) is 14.9 Å². The number of benzene rings is 1. The normalized spacial score (nSPS) is 21.8. The van der Waals surface area contributed by atoms with Crippen molar-refractivity contribution in [1.82, 2.24) is 14.5 Å². The van der Waals surface area contributed by atoms with E-state index >= 15 is 0 Å². The number of hydrogen-bond acceptors (Lipinski definition) is 6. The van der Waals surface area contributed by atoms with Crippen molar-refractivity contribution in [3.63, 3.8) is 0 Å². The Hall–Kier alpha value is -2.40. The molecule has 218 valence electrons. The van der Waals surface area contributed by atoms with Gasteiger partial charge in [-0.25, -0.2) is 17.6 Å². The number of rotatable bonds is 8.